The van der Waals surface area contributed by atoms with Crippen LogP contribution >= 0.6 is 0 Å². The smallest absolute Gasteiger partial charge is 0.200 e. The van der Waals surface area contributed by atoms with Gasteiger partial charge in [0.1, 0.15) is 5.76 Å². The minimum absolute atomic E-state index is 0.125. The van der Waals surface area contributed by atoms with E-state index < -0.39 is 0 Å². The van der Waals surface area contributed by atoms with Crippen molar-refractivity contribution in [2.24, 2.45) is 0 Å². The van der Waals surface area contributed by atoms with Gasteiger partial charge in [-0.1, -0.05) is 67.2 Å². The van der Waals surface area contributed by atoms with Crippen LogP contribution in [0.2, 0.25) is 0 Å². The Labute approximate surface area is 137 Å². The van der Waals surface area contributed by atoms with Gasteiger partial charge in [0, 0.05) is 12.0 Å². The van der Waals surface area contributed by atoms with Gasteiger partial charge in [0.15, 0.2) is 6.29 Å². The molecule has 0 spiro atoms. The molecule has 1 aliphatic rings. The highest BCUT2D eigenvalue weighted by Crippen LogP contribution is 2.23. The number of hydrogen-bond donors (Lipinski definition) is 0. The first-order valence-electron chi connectivity index (χ1n) is 7.99. The molecule has 3 nitrogen and oxygen atoms in total. The van der Waals surface area contributed by atoms with E-state index in [9.17, 15) is 0 Å². The Hall–Kier alpha value is -2.10. The summed E-state index contributed by atoms with van der Waals surface area (Å²) in [6, 6.07) is 20.1. The minimum atomic E-state index is -0.237. The average Bonchev–Trinajstić information content (AvgIpc) is 2.63. The zero-order valence-electron chi connectivity index (χ0n) is 13.2. The van der Waals surface area contributed by atoms with E-state index in [2.05, 4.69) is 18.7 Å². The van der Waals surface area contributed by atoms with Crippen LogP contribution in [0.25, 0.3) is 5.76 Å². The zero-order valence-corrected chi connectivity index (χ0v) is 13.2. The molecule has 0 N–H and O–H groups in total. The Morgan fingerprint density at radius 1 is 1.00 bits per heavy atom. The van der Waals surface area contributed by atoms with Gasteiger partial charge in [-0.15, -0.1) is 0 Å². The van der Waals surface area contributed by atoms with E-state index in [4.69, 9.17) is 14.2 Å². The van der Waals surface area contributed by atoms with E-state index in [1.54, 1.807) is 0 Å². The Balaban J connectivity index is 1.41. The zero-order chi connectivity index (χ0) is 15.9. The molecule has 1 aliphatic heterocycles. The summed E-state index contributed by atoms with van der Waals surface area (Å²) in [5.41, 5.74) is 2.17. The van der Waals surface area contributed by atoms with E-state index >= 15 is 0 Å². The van der Waals surface area contributed by atoms with E-state index in [1.807, 2.05) is 48.5 Å². The quantitative estimate of drug-likeness (QED) is 0.740. The van der Waals surface area contributed by atoms with Gasteiger partial charge in [-0.2, -0.15) is 0 Å². The third kappa shape index (κ3) is 4.68. The highest BCUT2D eigenvalue weighted by atomic mass is 16.7. The Kier molecular flexibility index (Phi) is 5.46. The monoisotopic (exact) mass is 310 g/mol. The largest absolute Gasteiger partial charge is 0.465 e. The first kappa shape index (κ1) is 15.8. The molecule has 2 aromatic rings. The lowest BCUT2D eigenvalue weighted by Crippen LogP contribution is -2.32. The van der Waals surface area contributed by atoms with Crippen LogP contribution in [0.15, 0.2) is 67.2 Å². The molecule has 0 radical (unpaired) electrons. The highest BCUT2D eigenvalue weighted by Gasteiger charge is 2.24. The van der Waals surface area contributed by atoms with Crippen LogP contribution in [0.4, 0.5) is 0 Å². The summed E-state index contributed by atoms with van der Waals surface area (Å²) in [6.07, 6.45) is 1.63. The molecule has 1 fully saturated rings. The SMILES string of the molecule is C=C(O[C@H]1CC[C@H](OCc2ccccc2)CO1)c1ccccc1. The third-order valence-electron chi connectivity index (χ3n) is 3.89. The predicted molar refractivity (Wildman–Crippen MR) is 90.6 cm³/mol. The molecule has 0 aliphatic carbocycles. The fraction of sp³-hybridized carbons (Fsp3) is 0.300. The lowest BCUT2D eigenvalue weighted by molar-refractivity contribution is -0.167. The van der Waals surface area contributed by atoms with Gasteiger partial charge < -0.3 is 14.2 Å². The standard InChI is InChI=1S/C20H22O3/c1-16(18-10-6-3-7-11-18)23-20-13-12-19(15-22-20)21-14-17-8-4-2-5-9-17/h2-11,19-20H,1,12-15H2/t19-,20-/m0/s1. The van der Waals surface area contributed by atoms with E-state index in [1.165, 1.54) is 5.56 Å². The van der Waals surface area contributed by atoms with Crippen molar-refractivity contribution in [2.45, 2.75) is 31.8 Å². The van der Waals surface area contributed by atoms with Crippen LogP contribution in [0.5, 0.6) is 0 Å². The van der Waals surface area contributed by atoms with Gasteiger partial charge >= 0.3 is 0 Å². The number of ether oxygens (including phenoxy) is 3. The van der Waals surface area contributed by atoms with E-state index in [0.717, 1.165) is 18.4 Å². The fourth-order valence-corrected chi connectivity index (χ4v) is 2.57. The molecule has 3 rings (SSSR count). The van der Waals surface area contributed by atoms with Crippen molar-refractivity contribution >= 4 is 5.76 Å². The van der Waals surface area contributed by atoms with E-state index in [0.29, 0.717) is 19.0 Å². The predicted octanol–water partition coefficient (Wildman–Crippen LogP) is 4.40. The summed E-state index contributed by atoms with van der Waals surface area (Å²) in [7, 11) is 0. The van der Waals surface area contributed by atoms with Gasteiger partial charge in [0.25, 0.3) is 0 Å². The Bertz CT molecular complexity index is 601. The van der Waals surface area contributed by atoms with Crippen molar-refractivity contribution in [3.63, 3.8) is 0 Å². The molecule has 1 saturated heterocycles. The molecule has 1 heterocycles. The second kappa shape index (κ2) is 7.95. The molecular weight excluding hydrogens is 288 g/mol. The lowest BCUT2D eigenvalue weighted by atomic mass is 10.1. The topological polar surface area (TPSA) is 27.7 Å². The molecule has 0 saturated carbocycles. The van der Waals surface area contributed by atoms with Crippen LogP contribution in [0.1, 0.15) is 24.0 Å². The first-order chi connectivity index (χ1) is 11.3. The molecular formula is C20H22O3. The fourth-order valence-electron chi connectivity index (χ4n) is 2.57. The summed E-state index contributed by atoms with van der Waals surface area (Å²) >= 11 is 0. The normalized spacial score (nSPS) is 20.9. The molecule has 120 valence electrons. The molecule has 23 heavy (non-hydrogen) atoms. The summed E-state index contributed by atoms with van der Waals surface area (Å²) in [5, 5.41) is 0. The van der Waals surface area contributed by atoms with Gasteiger partial charge in [-0.05, 0) is 12.0 Å². The van der Waals surface area contributed by atoms with Crippen LogP contribution in [0, 0.1) is 0 Å². The van der Waals surface area contributed by atoms with E-state index in [-0.39, 0.29) is 12.4 Å². The molecule has 3 heteroatoms. The molecule has 0 unspecified atom stereocenters. The van der Waals surface area contributed by atoms with Gasteiger partial charge in [0.2, 0.25) is 0 Å². The summed E-state index contributed by atoms with van der Waals surface area (Å²) in [5.74, 6) is 0.652. The van der Waals surface area contributed by atoms with Crippen molar-refractivity contribution in [2.75, 3.05) is 6.61 Å². The van der Waals surface area contributed by atoms with Crippen LogP contribution in [-0.2, 0) is 20.8 Å². The average molecular weight is 310 g/mol. The Morgan fingerprint density at radius 2 is 1.70 bits per heavy atom. The molecule has 2 atom stereocenters. The molecule has 0 aromatic heterocycles. The van der Waals surface area contributed by atoms with Crippen molar-refractivity contribution in [1.29, 1.82) is 0 Å². The Morgan fingerprint density at radius 3 is 2.35 bits per heavy atom. The van der Waals surface area contributed by atoms with Gasteiger partial charge in [0.05, 0.1) is 19.3 Å². The van der Waals surface area contributed by atoms with Crippen molar-refractivity contribution in [1.82, 2.24) is 0 Å². The second-order valence-corrected chi connectivity index (χ2v) is 5.67. The molecule has 0 amide bonds. The van der Waals surface area contributed by atoms with Crippen LogP contribution in [0.3, 0.4) is 0 Å². The number of rotatable bonds is 6. The minimum Gasteiger partial charge on any atom is -0.465 e. The lowest BCUT2D eigenvalue weighted by Gasteiger charge is -2.29. The number of benzene rings is 2. The summed E-state index contributed by atoms with van der Waals surface area (Å²) in [6.45, 7) is 5.16. The van der Waals surface area contributed by atoms with Crippen LogP contribution in [-0.4, -0.2) is 19.0 Å². The second-order valence-electron chi connectivity index (χ2n) is 5.67. The summed E-state index contributed by atoms with van der Waals surface area (Å²) in [4.78, 5) is 0. The highest BCUT2D eigenvalue weighted by molar-refractivity contribution is 5.57. The third-order valence-corrected chi connectivity index (χ3v) is 3.89. The van der Waals surface area contributed by atoms with Gasteiger partial charge in [-0.25, -0.2) is 0 Å². The van der Waals surface area contributed by atoms with Gasteiger partial charge in [-0.3, -0.25) is 0 Å². The molecule has 2 aromatic carbocycles. The first-order valence-corrected chi connectivity index (χ1v) is 7.99. The maximum Gasteiger partial charge on any atom is 0.200 e. The van der Waals surface area contributed by atoms with Crippen molar-refractivity contribution in [3.8, 4) is 0 Å². The maximum atomic E-state index is 5.90. The number of hydrogen-bond acceptors (Lipinski definition) is 3. The van der Waals surface area contributed by atoms with Crippen LogP contribution < -0.4 is 0 Å². The maximum absolute atomic E-state index is 5.90. The van der Waals surface area contributed by atoms with Crippen molar-refractivity contribution < 1.29 is 14.2 Å². The summed E-state index contributed by atoms with van der Waals surface area (Å²) < 4.78 is 17.5. The van der Waals surface area contributed by atoms with Crippen molar-refractivity contribution in [3.05, 3.63) is 78.4 Å². The molecule has 0 bridgehead atoms.